The molecule has 2 rings (SSSR count). The summed E-state index contributed by atoms with van der Waals surface area (Å²) in [6.07, 6.45) is -4.44. The number of amides is 2. The highest BCUT2D eigenvalue weighted by molar-refractivity contribution is 7.89. The van der Waals surface area contributed by atoms with Gasteiger partial charge in [-0.3, -0.25) is 14.8 Å². The van der Waals surface area contributed by atoms with E-state index in [4.69, 9.17) is 9.94 Å². The monoisotopic (exact) mass is 517 g/mol. The van der Waals surface area contributed by atoms with Gasteiger partial charge in [-0.25, -0.2) is 13.9 Å². The Morgan fingerprint density at radius 1 is 1.03 bits per heavy atom. The maximum atomic E-state index is 12.9. The van der Waals surface area contributed by atoms with E-state index in [2.05, 4.69) is 5.32 Å². The first-order chi connectivity index (χ1) is 16.3. The molecule has 0 spiro atoms. The highest BCUT2D eigenvalue weighted by atomic mass is 32.2. The average molecular weight is 518 g/mol. The molecule has 2 aromatic rings. The zero-order valence-corrected chi connectivity index (χ0v) is 19.8. The molecule has 0 atom stereocenters. The van der Waals surface area contributed by atoms with E-state index in [0.717, 1.165) is 16.4 Å². The van der Waals surface area contributed by atoms with Gasteiger partial charge in [-0.05, 0) is 47.9 Å². The summed E-state index contributed by atoms with van der Waals surface area (Å²) in [5.74, 6) is -1.28. The molecule has 0 saturated carbocycles. The number of hydrogen-bond donors (Lipinski definition) is 3. The number of benzene rings is 2. The predicted molar refractivity (Wildman–Crippen MR) is 119 cm³/mol. The lowest BCUT2D eigenvalue weighted by Gasteiger charge is -2.23. The highest BCUT2D eigenvalue weighted by Crippen LogP contribution is 2.29. The number of alkyl halides is 3. The molecule has 0 saturated heterocycles. The van der Waals surface area contributed by atoms with E-state index < -0.39 is 46.7 Å². The summed E-state index contributed by atoms with van der Waals surface area (Å²) in [5.41, 5.74) is 1.10. The van der Waals surface area contributed by atoms with Gasteiger partial charge in [-0.1, -0.05) is 26.0 Å². The van der Waals surface area contributed by atoms with Crippen LogP contribution < -0.4 is 15.5 Å². The van der Waals surface area contributed by atoms with E-state index >= 15 is 0 Å². The van der Waals surface area contributed by atoms with Crippen molar-refractivity contribution in [1.82, 2.24) is 15.1 Å². The Kier molecular flexibility index (Phi) is 9.63. The van der Waals surface area contributed by atoms with Crippen LogP contribution >= 0.6 is 0 Å². The maximum Gasteiger partial charge on any atom is 0.416 e. The van der Waals surface area contributed by atoms with Gasteiger partial charge in [-0.2, -0.15) is 17.5 Å². The summed E-state index contributed by atoms with van der Waals surface area (Å²) in [7, 11) is -4.04. The molecule has 0 bridgehead atoms. The van der Waals surface area contributed by atoms with Crippen molar-refractivity contribution in [1.29, 1.82) is 0 Å². The topological polar surface area (TPSA) is 125 Å². The highest BCUT2D eigenvalue weighted by Gasteiger charge is 2.30. The molecule has 9 nitrogen and oxygen atoms in total. The maximum absolute atomic E-state index is 12.9. The summed E-state index contributed by atoms with van der Waals surface area (Å²) >= 11 is 0. The third-order valence-electron chi connectivity index (χ3n) is 4.62. The Labute approximate surface area is 200 Å². The Morgan fingerprint density at radius 2 is 1.63 bits per heavy atom. The van der Waals surface area contributed by atoms with E-state index in [1.54, 1.807) is 13.8 Å². The fourth-order valence-corrected chi connectivity index (χ4v) is 4.48. The van der Waals surface area contributed by atoms with Crippen LogP contribution in [0.15, 0.2) is 53.4 Å². The third-order valence-corrected chi connectivity index (χ3v) is 6.44. The fraction of sp³-hybridized carbons (Fsp3) is 0.364. The molecule has 35 heavy (non-hydrogen) atoms. The Morgan fingerprint density at radius 3 is 2.14 bits per heavy atom. The van der Waals surface area contributed by atoms with Crippen LogP contribution in [0.25, 0.3) is 0 Å². The van der Waals surface area contributed by atoms with Crippen LogP contribution in [0, 0.1) is 5.92 Å². The number of nitrogens with one attached hydrogen (secondary N) is 2. The Hall–Kier alpha value is -3.16. The molecular formula is C22H26F3N3O6S. The van der Waals surface area contributed by atoms with E-state index in [1.807, 2.05) is 0 Å². The van der Waals surface area contributed by atoms with Crippen molar-refractivity contribution in [3.05, 3.63) is 59.7 Å². The van der Waals surface area contributed by atoms with E-state index in [1.165, 1.54) is 41.9 Å². The van der Waals surface area contributed by atoms with Crippen molar-refractivity contribution in [2.45, 2.75) is 31.5 Å². The van der Waals surface area contributed by atoms with E-state index in [9.17, 15) is 31.2 Å². The van der Waals surface area contributed by atoms with Gasteiger partial charge in [0.2, 0.25) is 10.0 Å². The van der Waals surface area contributed by atoms with E-state index in [0.29, 0.717) is 5.56 Å². The number of hydroxylamine groups is 1. The number of ether oxygens (including phenoxy) is 1. The normalized spacial score (nSPS) is 12.0. The van der Waals surface area contributed by atoms with Gasteiger partial charge in [0.1, 0.15) is 5.75 Å². The number of carbonyl (C=O) groups is 2. The predicted octanol–water partition coefficient (Wildman–Crippen LogP) is 2.55. The van der Waals surface area contributed by atoms with Gasteiger partial charge in [0.25, 0.3) is 11.8 Å². The van der Waals surface area contributed by atoms with Crippen molar-refractivity contribution in [2.24, 2.45) is 5.92 Å². The molecule has 192 valence electrons. The van der Waals surface area contributed by atoms with Crippen molar-refractivity contribution >= 4 is 21.8 Å². The minimum Gasteiger partial charge on any atom is -0.484 e. The molecule has 0 aromatic heterocycles. The summed E-state index contributed by atoms with van der Waals surface area (Å²) in [5, 5.41) is 11.2. The van der Waals surface area contributed by atoms with Crippen molar-refractivity contribution in [2.75, 3.05) is 19.7 Å². The van der Waals surface area contributed by atoms with Crippen LogP contribution in [-0.4, -0.2) is 49.4 Å². The van der Waals surface area contributed by atoms with Crippen molar-refractivity contribution in [3.8, 4) is 5.75 Å². The van der Waals surface area contributed by atoms with Gasteiger partial charge >= 0.3 is 6.18 Å². The molecule has 13 heteroatoms. The molecule has 0 aliphatic rings. The molecule has 0 aliphatic carbocycles. The summed E-state index contributed by atoms with van der Waals surface area (Å²) in [6, 6.07) is 9.57. The molecule has 0 unspecified atom stereocenters. The van der Waals surface area contributed by atoms with Crippen LogP contribution in [0.2, 0.25) is 0 Å². The molecule has 2 amide bonds. The van der Waals surface area contributed by atoms with Gasteiger partial charge in [0.05, 0.1) is 17.0 Å². The van der Waals surface area contributed by atoms with Crippen LogP contribution in [0.3, 0.4) is 0 Å². The van der Waals surface area contributed by atoms with Crippen molar-refractivity contribution in [3.63, 3.8) is 0 Å². The lowest BCUT2D eigenvalue weighted by Crippen LogP contribution is -2.41. The summed E-state index contributed by atoms with van der Waals surface area (Å²) in [6.45, 7) is 2.65. The number of sulfonamides is 1. The quantitative estimate of drug-likeness (QED) is 0.311. The summed E-state index contributed by atoms with van der Waals surface area (Å²) in [4.78, 5) is 23.4. The van der Waals surface area contributed by atoms with Crippen LogP contribution in [0.1, 0.15) is 25.0 Å². The lowest BCUT2D eigenvalue weighted by atomic mass is 10.1. The van der Waals surface area contributed by atoms with Gasteiger partial charge in [0, 0.05) is 13.1 Å². The number of hydrogen-bond acceptors (Lipinski definition) is 6. The number of nitrogens with zero attached hydrogens (tertiary/aromatic N) is 1. The second-order valence-electron chi connectivity index (χ2n) is 7.96. The third kappa shape index (κ3) is 8.53. The van der Waals surface area contributed by atoms with E-state index in [-0.39, 0.29) is 29.7 Å². The molecule has 3 N–H and O–H groups in total. The molecule has 0 fully saturated rings. The fourth-order valence-electron chi connectivity index (χ4n) is 2.92. The zero-order valence-electron chi connectivity index (χ0n) is 19.0. The zero-order chi connectivity index (χ0) is 26.2. The second-order valence-corrected chi connectivity index (χ2v) is 9.90. The minimum atomic E-state index is -4.44. The first-order valence-electron chi connectivity index (χ1n) is 10.4. The first-order valence-corrected chi connectivity index (χ1v) is 11.9. The number of halogens is 3. The molecule has 2 aromatic carbocycles. The summed E-state index contributed by atoms with van der Waals surface area (Å²) < 4.78 is 69.8. The molecule has 0 aliphatic heterocycles. The minimum absolute atomic E-state index is 0.00458. The van der Waals surface area contributed by atoms with Gasteiger partial charge < -0.3 is 10.1 Å². The average Bonchev–Trinajstić information content (AvgIpc) is 2.80. The van der Waals surface area contributed by atoms with Crippen molar-refractivity contribution < 1.29 is 41.1 Å². The standard InChI is InChI=1S/C22H26F3N3O6S/c1-15(2)12-28(13-20(29)27-31)35(32,33)19-9-7-18(8-10-19)34-14-21(30)26-11-16-3-5-17(6-4-16)22(23,24)25/h3-10,15,31H,11-14H2,1-2H3,(H,26,30)(H,27,29). The molecule has 0 heterocycles. The second kappa shape index (κ2) is 12.0. The van der Waals surface area contributed by atoms with Crippen LogP contribution in [0.4, 0.5) is 13.2 Å². The van der Waals surface area contributed by atoms with Crippen LogP contribution in [-0.2, 0) is 32.3 Å². The SMILES string of the molecule is CC(C)CN(CC(=O)NO)S(=O)(=O)c1ccc(OCC(=O)NCc2ccc(C(F)(F)F)cc2)cc1. The lowest BCUT2D eigenvalue weighted by molar-refractivity contribution is -0.137. The van der Waals surface area contributed by atoms with Crippen LogP contribution in [0.5, 0.6) is 5.75 Å². The Bertz CT molecular complexity index is 1100. The molecular weight excluding hydrogens is 491 g/mol. The Balaban J connectivity index is 1.94. The van der Waals surface area contributed by atoms with Gasteiger partial charge in [-0.15, -0.1) is 0 Å². The molecule has 0 radical (unpaired) electrons. The smallest absolute Gasteiger partial charge is 0.416 e. The first kappa shape index (κ1) is 28.1. The largest absolute Gasteiger partial charge is 0.484 e. The number of carbonyl (C=O) groups excluding carboxylic acids is 2. The van der Waals surface area contributed by atoms with Gasteiger partial charge in [0.15, 0.2) is 6.61 Å². The number of rotatable bonds is 11.